The van der Waals surface area contributed by atoms with Crippen LogP contribution in [0.5, 0.6) is 17.2 Å². The molecule has 1 heterocycles. The molecule has 2 aromatic rings. The summed E-state index contributed by atoms with van der Waals surface area (Å²) in [5.74, 6) is 1.27. The summed E-state index contributed by atoms with van der Waals surface area (Å²) in [6.07, 6.45) is 15.6. The highest BCUT2D eigenvalue weighted by Gasteiger charge is 2.19. The summed E-state index contributed by atoms with van der Waals surface area (Å²) in [5, 5.41) is 0.722. The minimum absolute atomic E-state index is 0.154. The second kappa shape index (κ2) is 14.7. The van der Waals surface area contributed by atoms with E-state index < -0.39 is 5.63 Å². The van der Waals surface area contributed by atoms with Crippen LogP contribution in [0.25, 0.3) is 11.0 Å². The van der Waals surface area contributed by atoms with Gasteiger partial charge in [-0.2, -0.15) is 0 Å². The second-order valence-electron chi connectivity index (χ2n) is 9.76. The fraction of sp³-hybridized carbons (Fsp3) is 0.621. The minimum atomic E-state index is -0.522. The maximum absolute atomic E-state index is 12.8. The van der Waals surface area contributed by atoms with E-state index in [0.29, 0.717) is 30.3 Å². The quantitative estimate of drug-likeness (QED) is 0.140. The second-order valence-corrected chi connectivity index (χ2v) is 9.76. The zero-order valence-corrected chi connectivity index (χ0v) is 21.9. The van der Waals surface area contributed by atoms with E-state index >= 15 is 0 Å². The van der Waals surface area contributed by atoms with Crippen LogP contribution < -0.4 is 19.8 Å². The van der Waals surface area contributed by atoms with Gasteiger partial charge < -0.3 is 18.6 Å². The van der Waals surface area contributed by atoms with Crippen molar-refractivity contribution in [1.29, 1.82) is 0 Å². The van der Waals surface area contributed by atoms with Crippen molar-refractivity contribution in [1.82, 2.24) is 0 Å². The van der Waals surface area contributed by atoms with E-state index in [1.54, 1.807) is 6.07 Å². The van der Waals surface area contributed by atoms with Gasteiger partial charge in [0.15, 0.2) is 5.75 Å². The normalized spacial score (nSPS) is 11.9. The smallest absolute Gasteiger partial charge is 0.383 e. The molecule has 5 nitrogen and oxygen atoms in total. The number of hydrogen-bond acceptors (Lipinski definition) is 5. The van der Waals surface area contributed by atoms with Crippen molar-refractivity contribution >= 4 is 11.0 Å². The maximum Gasteiger partial charge on any atom is 0.383 e. The molecule has 0 atom stereocenters. The zero-order valence-electron chi connectivity index (χ0n) is 21.9. The van der Waals surface area contributed by atoms with Crippen LogP contribution in [-0.4, -0.2) is 18.8 Å². The molecule has 0 saturated heterocycles. The van der Waals surface area contributed by atoms with Crippen LogP contribution in [0.15, 0.2) is 39.6 Å². The highest BCUT2D eigenvalue weighted by atomic mass is 16.5. The predicted octanol–water partition coefficient (Wildman–Crippen LogP) is 8.22. The molecular formula is C29H44O5. The average Bonchev–Trinajstić information content (AvgIpc) is 2.77. The predicted molar refractivity (Wildman–Crippen MR) is 141 cm³/mol. The Morgan fingerprint density at radius 3 is 2.21 bits per heavy atom. The number of hydrogen-bond donors (Lipinski definition) is 0. The third-order valence-corrected chi connectivity index (χ3v) is 5.39. The van der Waals surface area contributed by atoms with Gasteiger partial charge in [0.1, 0.15) is 16.9 Å². The molecule has 0 saturated carbocycles. The lowest BCUT2D eigenvalue weighted by Crippen LogP contribution is -2.22. The van der Waals surface area contributed by atoms with Gasteiger partial charge >= 0.3 is 5.63 Å². The summed E-state index contributed by atoms with van der Waals surface area (Å²) >= 11 is 0. The molecule has 1 aromatic heterocycles. The topological polar surface area (TPSA) is 57.9 Å². The van der Waals surface area contributed by atoms with Gasteiger partial charge in [0.25, 0.3) is 0 Å². The van der Waals surface area contributed by atoms with Gasteiger partial charge in [0.2, 0.25) is 5.75 Å². The zero-order chi connectivity index (χ0) is 24.8. The number of unbranched alkanes of at least 4 members (excludes halogenated alkanes) is 7. The molecule has 0 radical (unpaired) electrons. The highest BCUT2D eigenvalue weighted by Crippen LogP contribution is 2.35. The van der Waals surface area contributed by atoms with Gasteiger partial charge in [-0.05, 0) is 52.2 Å². The van der Waals surface area contributed by atoms with E-state index in [1.165, 1.54) is 38.5 Å². The summed E-state index contributed by atoms with van der Waals surface area (Å²) in [5.41, 5.74) is -0.430. The third kappa shape index (κ3) is 9.82. The SMILES string of the molecule is CC/C=C/CCOc1c(OCCCCCCCCCC)c2ccc(OC(C)(C)C)cc2oc1=O. The van der Waals surface area contributed by atoms with Crippen LogP contribution in [0, 0.1) is 0 Å². The van der Waals surface area contributed by atoms with Gasteiger partial charge in [-0.25, -0.2) is 4.79 Å². The van der Waals surface area contributed by atoms with Gasteiger partial charge in [-0.3, -0.25) is 0 Å². The molecule has 0 aliphatic rings. The standard InChI is InChI=1S/C29H44O5/c1-6-8-10-12-13-14-15-17-20-31-26-24-19-18-23(34-29(3,4)5)22-25(24)33-28(30)27(26)32-21-16-11-9-7-2/h9,11,18-19,22H,6-8,10,12-17,20-21H2,1-5H3/b11-9+. The van der Waals surface area contributed by atoms with Crippen LogP contribution in [-0.2, 0) is 0 Å². The van der Waals surface area contributed by atoms with Crippen molar-refractivity contribution in [3.63, 3.8) is 0 Å². The summed E-state index contributed by atoms with van der Waals surface area (Å²) in [4.78, 5) is 12.8. The molecule has 0 spiro atoms. The first-order valence-corrected chi connectivity index (χ1v) is 13.1. The molecular weight excluding hydrogens is 428 g/mol. The van der Waals surface area contributed by atoms with E-state index in [0.717, 1.165) is 31.1 Å². The molecule has 0 aliphatic carbocycles. The summed E-state index contributed by atoms with van der Waals surface area (Å²) < 4.78 is 23.5. The number of fused-ring (bicyclic) bond motifs is 1. The summed E-state index contributed by atoms with van der Waals surface area (Å²) in [6.45, 7) is 11.2. The van der Waals surface area contributed by atoms with Crippen molar-refractivity contribution in [2.75, 3.05) is 13.2 Å². The molecule has 0 amide bonds. The molecule has 2 rings (SSSR count). The molecule has 0 aliphatic heterocycles. The number of ether oxygens (including phenoxy) is 3. The minimum Gasteiger partial charge on any atom is -0.489 e. The number of rotatable bonds is 16. The lowest BCUT2D eigenvalue weighted by Gasteiger charge is -2.21. The van der Waals surface area contributed by atoms with Gasteiger partial charge in [-0.15, -0.1) is 0 Å². The molecule has 5 heteroatoms. The summed E-state index contributed by atoms with van der Waals surface area (Å²) in [6, 6.07) is 5.51. The Bertz CT molecular complexity index is 936. The van der Waals surface area contributed by atoms with Crippen molar-refractivity contribution in [2.45, 2.75) is 104 Å². The van der Waals surface area contributed by atoms with Crippen LogP contribution in [0.3, 0.4) is 0 Å². The fourth-order valence-corrected chi connectivity index (χ4v) is 3.74. The molecule has 0 N–H and O–H groups in total. The molecule has 1 aromatic carbocycles. The van der Waals surface area contributed by atoms with E-state index in [1.807, 2.05) is 32.9 Å². The van der Waals surface area contributed by atoms with Crippen LogP contribution >= 0.6 is 0 Å². The van der Waals surface area contributed by atoms with Gasteiger partial charge in [-0.1, -0.05) is 70.9 Å². The average molecular weight is 473 g/mol. The molecule has 190 valence electrons. The van der Waals surface area contributed by atoms with Crippen molar-refractivity contribution < 1.29 is 18.6 Å². The van der Waals surface area contributed by atoms with Gasteiger partial charge in [0, 0.05) is 6.07 Å². The Morgan fingerprint density at radius 1 is 0.853 bits per heavy atom. The van der Waals surface area contributed by atoms with Gasteiger partial charge in [0.05, 0.1) is 18.6 Å². The lowest BCUT2D eigenvalue weighted by atomic mass is 10.1. The van der Waals surface area contributed by atoms with Crippen LogP contribution in [0.4, 0.5) is 0 Å². The fourth-order valence-electron chi connectivity index (χ4n) is 3.74. The van der Waals surface area contributed by atoms with E-state index in [9.17, 15) is 4.79 Å². The largest absolute Gasteiger partial charge is 0.489 e. The number of benzene rings is 1. The lowest BCUT2D eigenvalue weighted by molar-refractivity contribution is 0.131. The molecule has 0 fully saturated rings. The van der Waals surface area contributed by atoms with Crippen molar-refractivity contribution in [2.24, 2.45) is 0 Å². The van der Waals surface area contributed by atoms with Crippen molar-refractivity contribution in [3.05, 3.63) is 40.8 Å². The summed E-state index contributed by atoms with van der Waals surface area (Å²) in [7, 11) is 0. The Balaban J connectivity index is 2.13. The van der Waals surface area contributed by atoms with Crippen LogP contribution in [0.2, 0.25) is 0 Å². The molecule has 0 unspecified atom stereocenters. The molecule has 34 heavy (non-hydrogen) atoms. The Labute approximate surface area is 205 Å². The van der Waals surface area contributed by atoms with E-state index in [-0.39, 0.29) is 11.4 Å². The maximum atomic E-state index is 12.8. The van der Waals surface area contributed by atoms with Crippen LogP contribution in [0.1, 0.15) is 98.8 Å². The first-order valence-electron chi connectivity index (χ1n) is 13.1. The van der Waals surface area contributed by atoms with Crippen molar-refractivity contribution in [3.8, 4) is 17.2 Å². The monoisotopic (exact) mass is 472 g/mol. The molecule has 0 bridgehead atoms. The van der Waals surface area contributed by atoms with E-state index in [4.69, 9.17) is 18.6 Å². The Morgan fingerprint density at radius 2 is 1.53 bits per heavy atom. The first-order chi connectivity index (χ1) is 16.4. The third-order valence-electron chi connectivity index (χ3n) is 5.39. The van der Waals surface area contributed by atoms with E-state index in [2.05, 4.69) is 26.0 Å². The Kier molecular flexibility index (Phi) is 12.1. The highest BCUT2D eigenvalue weighted by molar-refractivity contribution is 5.86. The Hall–Kier alpha value is -2.43. The first kappa shape index (κ1) is 27.8. The number of allylic oxidation sites excluding steroid dienone is 1.